The average molecular weight is 195 g/mol. The van der Waals surface area contributed by atoms with Crippen molar-refractivity contribution >= 4 is 7.98 Å². The van der Waals surface area contributed by atoms with Crippen LogP contribution < -0.4 is 0 Å². The third-order valence-corrected chi connectivity index (χ3v) is 3.76. The van der Waals surface area contributed by atoms with Crippen LogP contribution in [-0.2, 0) is 0 Å². The van der Waals surface area contributed by atoms with Gasteiger partial charge in [0.05, 0.1) is 0 Å². The zero-order valence-corrected chi connectivity index (χ0v) is 10.6. The van der Waals surface area contributed by atoms with Crippen LogP contribution in [0.5, 0.6) is 0 Å². The first kappa shape index (κ1) is 12.1. The summed E-state index contributed by atoms with van der Waals surface area (Å²) in [6.45, 7) is 12.2. The molecule has 2 heteroatoms. The lowest BCUT2D eigenvalue weighted by molar-refractivity contribution is 0.114. The van der Waals surface area contributed by atoms with Crippen LogP contribution in [-0.4, -0.2) is 25.9 Å². The van der Waals surface area contributed by atoms with Gasteiger partial charge in [0, 0.05) is 0 Å². The molecule has 1 aliphatic rings. The molecule has 0 saturated carbocycles. The average Bonchev–Trinajstić information content (AvgIpc) is 2.02. The molecule has 1 fully saturated rings. The molecular formula is C12H26BN. The lowest BCUT2D eigenvalue weighted by Gasteiger charge is -2.41. The molecule has 0 atom stereocenters. The predicted molar refractivity (Wildman–Crippen MR) is 66.1 cm³/mol. The molecule has 1 aliphatic heterocycles. The molecule has 14 heavy (non-hydrogen) atoms. The summed E-state index contributed by atoms with van der Waals surface area (Å²) in [7, 11) is 2.24. The van der Waals surface area contributed by atoms with Gasteiger partial charge in [-0.1, -0.05) is 27.7 Å². The first-order valence-corrected chi connectivity index (χ1v) is 6.10. The number of piperidine rings is 1. The highest BCUT2D eigenvalue weighted by Crippen LogP contribution is 2.39. The van der Waals surface area contributed by atoms with E-state index >= 15 is 0 Å². The third kappa shape index (κ3) is 3.31. The maximum atomic E-state index is 2.46. The Morgan fingerprint density at radius 2 is 1.79 bits per heavy atom. The zero-order valence-electron chi connectivity index (χ0n) is 10.6. The first-order chi connectivity index (χ1) is 6.42. The minimum absolute atomic E-state index is 0.551. The van der Waals surface area contributed by atoms with E-state index in [-0.39, 0.29) is 0 Å². The van der Waals surface area contributed by atoms with Gasteiger partial charge in [0.2, 0.25) is 0 Å². The molecule has 0 spiro atoms. The van der Waals surface area contributed by atoms with Crippen LogP contribution in [0.15, 0.2) is 0 Å². The monoisotopic (exact) mass is 195 g/mol. The van der Waals surface area contributed by atoms with Crippen LogP contribution in [0.25, 0.3) is 0 Å². The highest BCUT2D eigenvalue weighted by molar-refractivity contribution is 6.04. The van der Waals surface area contributed by atoms with Gasteiger partial charge in [-0.15, -0.1) is 0 Å². The van der Waals surface area contributed by atoms with E-state index in [9.17, 15) is 0 Å². The van der Waals surface area contributed by atoms with Crippen molar-refractivity contribution in [3.8, 4) is 0 Å². The largest absolute Gasteiger partial charge is 0.349 e. The summed E-state index contributed by atoms with van der Waals surface area (Å²) in [5, 5.41) is 0. The second-order valence-electron chi connectivity index (χ2n) is 6.16. The molecule has 1 heterocycles. The molecule has 0 N–H and O–H groups in total. The fourth-order valence-electron chi connectivity index (χ4n) is 3.01. The Kier molecular flexibility index (Phi) is 4.06. The normalized spacial score (nSPS) is 21.8. The van der Waals surface area contributed by atoms with Crippen LogP contribution in [0.4, 0.5) is 0 Å². The van der Waals surface area contributed by atoms with Crippen molar-refractivity contribution in [3.05, 3.63) is 0 Å². The smallest absolute Gasteiger partial charge is 0.185 e. The topological polar surface area (TPSA) is 3.24 Å². The highest BCUT2D eigenvalue weighted by atomic mass is 15.0. The summed E-state index contributed by atoms with van der Waals surface area (Å²) >= 11 is 0. The standard InChI is InChI=1S/C12H26BN/c1-10(2)9-12(3,4)11-5-7-14(13)8-6-11/h10-11H,5-9,13H2,1-4H3. The van der Waals surface area contributed by atoms with Crippen LogP contribution >= 0.6 is 0 Å². The maximum Gasteiger partial charge on any atom is 0.185 e. The Morgan fingerprint density at radius 1 is 1.29 bits per heavy atom. The van der Waals surface area contributed by atoms with Crippen molar-refractivity contribution in [2.45, 2.75) is 47.0 Å². The Labute approximate surface area is 90.7 Å². The molecule has 0 amide bonds. The molecule has 1 rings (SSSR count). The van der Waals surface area contributed by atoms with Crippen molar-refractivity contribution < 1.29 is 0 Å². The van der Waals surface area contributed by atoms with Crippen molar-refractivity contribution in [1.29, 1.82) is 0 Å². The van der Waals surface area contributed by atoms with E-state index in [1.807, 2.05) is 0 Å². The van der Waals surface area contributed by atoms with E-state index in [4.69, 9.17) is 0 Å². The highest BCUT2D eigenvalue weighted by Gasteiger charge is 2.31. The minimum atomic E-state index is 0.551. The molecule has 0 bridgehead atoms. The minimum Gasteiger partial charge on any atom is -0.349 e. The van der Waals surface area contributed by atoms with Crippen molar-refractivity contribution in [1.82, 2.24) is 4.81 Å². The maximum absolute atomic E-state index is 2.46. The molecular weight excluding hydrogens is 169 g/mol. The molecule has 0 aromatic carbocycles. The van der Waals surface area contributed by atoms with Crippen LogP contribution in [0.2, 0.25) is 0 Å². The predicted octanol–water partition coefficient (Wildman–Crippen LogP) is 2.32. The van der Waals surface area contributed by atoms with Gasteiger partial charge in [0.25, 0.3) is 0 Å². The zero-order chi connectivity index (χ0) is 10.8. The summed E-state index contributed by atoms with van der Waals surface area (Å²) < 4.78 is 0. The molecule has 1 nitrogen and oxygen atoms in total. The van der Waals surface area contributed by atoms with Gasteiger partial charge < -0.3 is 4.81 Å². The Bertz CT molecular complexity index is 169. The lowest BCUT2D eigenvalue weighted by Crippen LogP contribution is -2.38. The molecule has 0 aromatic rings. The van der Waals surface area contributed by atoms with Crippen LogP contribution in [0.1, 0.15) is 47.0 Å². The van der Waals surface area contributed by atoms with Gasteiger partial charge in [0.15, 0.2) is 7.98 Å². The van der Waals surface area contributed by atoms with Crippen molar-refractivity contribution in [2.75, 3.05) is 13.1 Å². The van der Waals surface area contributed by atoms with Crippen molar-refractivity contribution in [3.63, 3.8) is 0 Å². The molecule has 0 aliphatic carbocycles. The van der Waals surface area contributed by atoms with Crippen molar-refractivity contribution in [2.24, 2.45) is 17.3 Å². The van der Waals surface area contributed by atoms with E-state index in [2.05, 4.69) is 40.5 Å². The van der Waals surface area contributed by atoms with Gasteiger partial charge in [-0.3, -0.25) is 0 Å². The summed E-state index contributed by atoms with van der Waals surface area (Å²) in [5.74, 6) is 1.78. The molecule has 0 radical (unpaired) electrons. The second kappa shape index (κ2) is 4.70. The summed E-state index contributed by atoms with van der Waals surface area (Å²) in [6.07, 6.45) is 4.17. The molecule has 82 valence electrons. The number of nitrogens with zero attached hydrogens (tertiary/aromatic N) is 1. The Morgan fingerprint density at radius 3 is 2.21 bits per heavy atom. The second-order valence-corrected chi connectivity index (χ2v) is 6.16. The fourth-order valence-corrected chi connectivity index (χ4v) is 3.01. The molecule has 1 saturated heterocycles. The quantitative estimate of drug-likeness (QED) is 0.624. The summed E-state index contributed by atoms with van der Waals surface area (Å²) in [6, 6.07) is 0. The van der Waals surface area contributed by atoms with Gasteiger partial charge in [0.1, 0.15) is 0 Å². The lowest BCUT2D eigenvalue weighted by atomic mass is 9.69. The SMILES string of the molecule is BN1CCC(C(C)(C)CC(C)C)CC1. The van der Waals surface area contributed by atoms with Crippen LogP contribution in [0, 0.1) is 17.3 Å². The van der Waals surface area contributed by atoms with Gasteiger partial charge in [-0.25, -0.2) is 0 Å². The van der Waals surface area contributed by atoms with E-state index in [1.54, 1.807) is 0 Å². The van der Waals surface area contributed by atoms with Crippen LogP contribution in [0.3, 0.4) is 0 Å². The van der Waals surface area contributed by atoms with E-state index < -0.39 is 0 Å². The fraction of sp³-hybridized carbons (Fsp3) is 1.00. The number of hydrogen-bond donors (Lipinski definition) is 0. The van der Waals surface area contributed by atoms with Gasteiger partial charge in [-0.05, 0) is 49.6 Å². The number of rotatable bonds is 3. The number of hydrogen-bond acceptors (Lipinski definition) is 1. The summed E-state index contributed by atoms with van der Waals surface area (Å²) in [4.78, 5) is 2.46. The van der Waals surface area contributed by atoms with Gasteiger partial charge in [-0.2, -0.15) is 0 Å². The molecule has 0 unspecified atom stereocenters. The van der Waals surface area contributed by atoms with E-state index in [1.165, 1.54) is 32.4 Å². The third-order valence-electron chi connectivity index (χ3n) is 3.76. The Hall–Kier alpha value is 0.0249. The van der Waals surface area contributed by atoms with Gasteiger partial charge >= 0.3 is 0 Å². The molecule has 0 aromatic heterocycles. The summed E-state index contributed by atoms with van der Waals surface area (Å²) in [5.41, 5.74) is 0.551. The Balaban J connectivity index is 2.46. The van der Waals surface area contributed by atoms with E-state index in [0.29, 0.717) is 5.41 Å². The first-order valence-electron chi connectivity index (χ1n) is 6.10. The van der Waals surface area contributed by atoms with E-state index in [0.717, 1.165) is 11.8 Å².